The van der Waals surface area contributed by atoms with Crippen molar-refractivity contribution in [2.75, 3.05) is 0 Å². The van der Waals surface area contributed by atoms with Crippen molar-refractivity contribution in [1.82, 2.24) is 14.7 Å². The summed E-state index contributed by atoms with van der Waals surface area (Å²) in [5.41, 5.74) is -2.22. The van der Waals surface area contributed by atoms with Gasteiger partial charge in [-0.25, -0.2) is 8.78 Å². The van der Waals surface area contributed by atoms with Gasteiger partial charge in [0.2, 0.25) is 0 Å². The second-order valence-electron chi connectivity index (χ2n) is 6.33. The summed E-state index contributed by atoms with van der Waals surface area (Å²) in [4.78, 5) is 14.0. The lowest BCUT2D eigenvalue weighted by Crippen LogP contribution is -2.34. The van der Waals surface area contributed by atoms with E-state index in [9.17, 15) is 26.7 Å². The van der Waals surface area contributed by atoms with E-state index in [1.165, 1.54) is 24.1 Å². The number of carbonyl (C=O) groups excluding carboxylic acids is 1. The minimum absolute atomic E-state index is 0.136. The van der Waals surface area contributed by atoms with Crippen molar-refractivity contribution in [2.45, 2.75) is 38.0 Å². The summed E-state index contributed by atoms with van der Waals surface area (Å²) >= 11 is 5.97. The van der Waals surface area contributed by atoms with Crippen LogP contribution in [0.15, 0.2) is 24.4 Å². The summed E-state index contributed by atoms with van der Waals surface area (Å²) in [5, 5.41) is 3.45. The highest BCUT2D eigenvalue weighted by Crippen LogP contribution is 2.38. The molecule has 0 unspecified atom stereocenters. The Balaban J connectivity index is 1.99. The fourth-order valence-electron chi connectivity index (χ4n) is 2.89. The summed E-state index contributed by atoms with van der Waals surface area (Å²) in [6.45, 7) is -0.421. The molecule has 1 aliphatic rings. The Morgan fingerprint density at radius 1 is 1.37 bits per heavy atom. The number of alkyl halides is 5. The highest BCUT2D eigenvalue weighted by atomic mass is 35.5. The molecule has 2 aromatic rings. The van der Waals surface area contributed by atoms with Crippen LogP contribution in [-0.2, 0) is 19.8 Å². The summed E-state index contributed by atoms with van der Waals surface area (Å²) in [6.07, 6.45) is -5.31. The molecule has 3 rings (SSSR count). The maximum Gasteiger partial charge on any atom is 0.416 e. The lowest BCUT2D eigenvalue weighted by atomic mass is 10.1. The number of aromatic nitrogens is 2. The van der Waals surface area contributed by atoms with Crippen LogP contribution in [0.1, 0.15) is 46.4 Å². The molecular formula is C17H15ClF5N3O. The molecule has 0 radical (unpaired) electrons. The van der Waals surface area contributed by atoms with Gasteiger partial charge in [-0.1, -0.05) is 17.7 Å². The van der Waals surface area contributed by atoms with Gasteiger partial charge < -0.3 is 4.90 Å². The zero-order valence-corrected chi connectivity index (χ0v) is 14.9. The number of halogens is 6. The number of hydrogen-bond donors (Lipinski definition) is 0. The average molecular weight is 408 g/mol. The molecule has 0 saturated heterocycles. The molecule has 4 nitrogen and oxygen atoms in total. The van der Waals surface area contributed by atoms with E-state index in [4.69, 9.17) is 11.6 Å². The van der Waals surface area contributed by atoms with E-state index in [1.54, 1.807) is 0 Å². The van der Waals surface area contributed by atoms with Gasteiger partial charge >= 0.3 is 6.18 Å². The molecule has 0 atom stereocenters. The number of nitrogens with zero attached hydrogens (tertiary/aromatic N) is 3. The van der Waals surface area contributed by atoms with Gasteiger partial charge in [-0.05, 0) is 25.0 Å². The predicted molar refractivity (Wildman–Crippen MR) is 87.5 cm³/mol. The quantitative estimate of drug-likeness (QED) is 0.665. The van der Waals surface area contributed by atoms with E-state index < -0.39 is 36.3 Å². The third-order valence-corrected chi connectivity index (χ3v) is 4.65. The Morgan fingerprint density at radius 2 is 2.04 bits per heavy atom. The van der Waals surface area contributed by atoms with Crippen LogP contribution in [0, 0.1) is 0 Å². The van der Waals surface area contributed by atoms with E-state index >= 15 is 0 Å². The van der Waals surface area contributed by atoms with Crippen LogP contribution in [0.4, 0.5) is 22.0 Å². The van der Waals surface area contributed by atoms with E-state index in [2.05, 4.69) is 5.10 Å². The predicted octanol–water partition coefficient (Wildman–Crippen LogP) is 4.83. The largest absolute Gasteiger partial charge is 0.416 e. The Morgan fingerprint density at radius 3 is 2.59 bits per heavy atom. The highest BCUT2D eigenvalue weighted by molar-refractivity contribution is 6.31. The molecule has 1 fully saturated rings. The van der Waals surface area contributed by atoms with E-state index in [1.807, 2.05) is 0 Å². The van der Waals surface area contributed by atoms with Crippen LogP contribution in [0.3, 0.4) is 0 Å². The lowest BCUT2D eigenvalue weighted by Gasteiger charge is -2.25. The van der Waals surface area contributed by atoms with Crippen molar-refractivity contribution >= 4 is 17.5 Å². The first kappa shape index (κ1) is 19.6. The van der Waals surface area contributed by atoms with E-state index in [0.717, 1.165) is 16.9 Å². The minimum atomic E-state index is -4.65. The second kappa shape index (κ2) is 7.10. The molecule has 1 saturated carbocycles. The zero-order valence-electron chi connectivity index (χ0n) is 14.1. The third kappa shape index (κ3) is 4.07. The van der Waals surface area contributed by atoms with Crippen molar-refractivity contribution in [2.24, 2.45) is 7.05 Å². The molecule has 1 amide bonds. The van der Waals surface area contributed by atoms with Crippen LogP contribution in [0.2, 0.25) is 5.02 Å². The van der Waals surface area contributed by atoms with Crippen molar-refractivity contribution in [3.8, 4) is 0 Å². The number of hydrogen-bond acceptors (Lipinski definition) is 2. The van der Waals surface area contributed by atoms with Gasteiger partial charge in [0, 0.05) is 36.4 Å². The smallest absolute Gasteiger partial charge is 0.331 e. The average Bonchev–Trinajstić information content (AvgIpc) is 3.33. The summed E-state index contributed by atoms with van der Waals surface area (Å²) in [6, 6.07) is 3.04. The summed E-state index contributed by atoms with van der Waals surface area (Å²) < 4.78 is 67.4. The molecule has 1 aromatic heterocycles. The monoisotopic (exact) mass is 407 g/mol. The number of carbonyl (C=O) groups is 1. The highest BCUT2D eigenvalue weighted by Gasteiger charge is 2.39. The second-order valence-corrected chi connectivity index (χ2v) is 6.74. The third-order valence-electron chi connectivity index (χ3n) is 4.30. The van der Waals surface area contributed by atoms with Crippen LogP contribution in [-0.4, -0.2) is 26.6 Å². The first-order valence-corrected chi connectivity index (χ1v) is 8.44. The zero-order chi connectivity index (χ0) is 19.9. The molecule has 0 spiro atoms. The summed E-state index contributed by atoms with van der Waals surface area (Å²) in [7, 11) is 1.39. The van der Waals surface area contributed by atoms with Gasteiger partial charge in [0.15, 0.2) is 0 Å². The van der Waals surface area contributed by atoms with Crippen LogP contribution < -0.4 is 0 Å². The number of benzene rings is 1. The van der Waals surface area contributed by atoms with Gasteiger partial charge in [0.05, 0.1) is 11.1 Å². The number of rotatable bonds is 5. The molecule has 146 valence electrons. The van der Waals surface area contributed by atoms with Gasteiger partial charge in [-0.15, -0.1) is 0 Å². The minimum Gasteiger partial charge on any atom is -0.331 e. The Hall–Kier alpha value is -2.16. The Labute approximate surface area is 156 Å². The van der Waals surface area contributed by atoms with Crippen LogP contribution in [0.25, 0.3) is 0 Å². The number of amides is 1. The standard InChI is InChI=1S/C17H15ClF5N3O/c1-25-7-11(14(24-25)15(19)20)16(27)26(9-5-6-9)8-10-12(17(21,22)23)3-2-4-13(10)18/h2-4,7,9,15H,5-6,8H2,1H3. The number of aryl methyl sites for hydroxylation is 1. The Kier molecular flexibility index (Phi) is 5.16. The van der Waals surface area contributed by atoms with E-state index in [-0.39, 0.29) is 22.2 Å². The molecule has 0 aliphatic heterocycles. The lowest BCUT2D eigenvalue weighted by molar-refractivity contribution is -0.138. The molecule has 1 aromatic carbocycles. The van der Waals surface area contributed by atoms with Gasteiger partial charge in [-0.2, -0.15) is 18.3 Å². The van der Waals surface area contributed by atoms with Gasteiger partial charge in [0.1, 0.15) is 5.69 Å². The van der Waals surface area contributed by atoms with Crippen molar-refractivity contribution < 1.29 is 26.7 Å². The van der Waals surface area contributed by atoms with Crippen molar-refractivity contribution in [3.05, 3.63) is 51.8 Å². The fourth-order valence-corrected chi connectivity index (χ4v) is 3.13. The first-order chi connectivity index (χ1) is 12.6. The molecule has 0 bridgehead atoms. The van der Waals surface area contributed by atoms with Crippen LogP contribution >= 0.6 is 11.6 Å². The van der Waals surface area contributed by atoms with Gasteiger partial charge in [-0.3, -0.25) is 9.48 Å². The molecule has 1 heterocycles. The fraction of sp³-hybridized carbons (Fsp3) is 0.412. The SMILES string of the molecule is Cn1cc(C(=O)N(Cc2c(Cl)cccc2C(F)(F)F)C2CC2)c(C(F)F)n1. The van der Waals surface area contributed by atoms with E-state index in [0.29, 0.717) is 12.8 Å². The van der Waals surface area contributed by atoms with Gasteiger partial charge in [0.25, 0.3) is 12.3 Å². The molecular weight excluding hydrogens is 393 g/mol. The molecule has 10 heteroatoms. The van der Waals surface area contributed by atoms with Crippen molar-refractivity contribution in [1.29, 1.82) is 0 Å². The first-order valence-electron chi connectivity index (χ1n) is 8.06. The van der Waals surface area contributed by atoms with Crippen molar-refractivity contribution in [3.63, 3.8) is 0 Å². The maximum absolute atomic E-state index is 13.3. The molecule has 27 heavy (non-hydrogen) atoms. The Bertz CT molecular complexity index is 861. The topological polar surface area (TPSA) is 38.1 Å². The molecule has 0 N–H and O–H groups in total. The normalized spacial score (nSPS) is 14.7. The molecule has 1 aliphatic carbocycles. The maximum atomic E-state index is 13.3. The van der Waals surface area contributed by atoms with Crippen LogP contribution in [0.5, 0.6) is 0 Å². The summed E-state index contributed by atoms with van der Waals surface area (Å²) in [5.74, 6) is -0.783.